The SMILES string of the molecule is C=CCN1CC(=O)N2[C@@H](Cc3ccc(O)cc3)C(=O)N(Cc3cccc4c(C(=O)N(C)CCO)cn(C)c34)C[C@@H]2N1C(=O)CCc1ccccc1. The van der Waals surface area contributed by atoms with Gasteiger partial charge >= 0.3 is 0 Å². The largest absolute Gasteiger partial charge is 0.508 e. The molecule has 6 rings (SSSR count). The van der Waals surface area contributed by atoms with Crippen LogP contribution in [0.25, 0.3) is 10.9 Å². The van der Waals surface area contributed by atoms with Crippen LogP contribution in [-0.2, 0) is 40.8 Å². The molecule has 3 aromatic carbocycles. The summed E-state index contributed by atoms with van der Waals surface area (Å²) in [6.07, 6.45) is 3.56. The fourth-order valence-electron chi connectivity index (χ4n) is 7.28. The second-order valence-electron chi connectivity index (χ2n) is 13.2. The van der Waals surface area contributed by atoms with Gasteiger partial charge in [-0.3, -0.25) is 19.2 Å². The van der Waals surface area contributed by atoms with Crippen LogP contribution in [0.1, 0.15) is 33.5 Å². The van der Waals surface area contributed by atoms with E-state index in [2.05, 4.69) is 6.58 Å². The number of carbonyl (C=O) groups is 4. The molecule has 1 aromatic heterocycles. The number of rotatable bonds is 12. The van der Waals surface area contributed by atoms with E-state index in [1.54, 1.807) is 63.4 Å². The van der Waals surface area contributed by atoms with Gasteiger partial charge in [-0.1, -0.05) is 66.7 Å². The standard InChI is InChI=1S/C39H44N6O6/c1-4-19-43-26-36(49)44-33(22-28-13-16-30(47)17-14-28)39(51)42(25-34(44)45(43)35(48)18-15-27-9-6-5-7-10-27)23-29-11-8-12-31-32(24-41(3)37(29)31)38(50)40(2)20-21-46/h4-14,16-17,24,33-34,46-47H,1,15,18-23,25-26H2,2-3H3/t33-,34-/m0/s1. The number of hydrogen-bond acceptors (Lipinski definition) is 7. The Bertz CT molecular complexity index is 1930. The Labute approximate surface area is 297 Å². The van der Waals surface area contributed by atoms with Crippen molar-refractivity contribution in [2.75, 3.05) is 39.8 Å². The molecule has 51 heavy (non-hydrogen) atoms. The Morgan fingerprint density at radius 1 is 1.00 bits per heavy atom. The quantitative estimate of drug-likeness (QED) is 0.219. The first-order valence-electron chi connectivity index (χ1n) is 17.1. The molecule has 0 radical (unpaired) electrons. The van der Waals surface area contributed by atoms with E-state index < -0.39 is 12.2 Å². The maximum atomic E-state index is 14.5. The van der Waals surface area contributed by atoms with Crippen LogP contribution in [0.4, 0.5) is 0 Å². The van der Waals surface area contributed by atoms with Gasteiger partial charge in [0.15, 0.2) is 0 Å². The number of aliphatic hydroxyl groups excluding tert-OH is 1. The van der Waals surface area contributed by atoms with E-state index in [4.69, 9.17) is 0 Å². The van der Waals surface area contributed by atoms with Gasteiger partial charge in [-0.05, 0) is 35.2 Å². The Morgan fingerprint density at radius 3 is 2.45 bits per heavy atom. The highest BCUT2D eigenvalue weighted by molar-refractivity contribution is 6.07. The third-order valence-corrected chi connectivity index (χ3v) is 9.72. The smallest absolute Gasteiger partial charge is 0.255 e. The minimum absolute atomic E-state index is 0.0766. The molecule has 2 saturated heterocycles. The fourth-order valence-corrected chi connectivity index (χ4v) is 7.28. The average molecular weight is 693 g/mol. The van der Waals surface area contributed by atoms with Gasteiger partial charge in [0.25, 0.3) is 5.91 Å². The molecule has 3 heterocycles. The highest BCUT2D eigenvalue weighted by Gasteiger charge is 2.51. The van der Waals surface area contributed by atoms with Crippen molar-refractivity contribution < 1.29 is 29.4 Å². The minimum atomic E-state index is -0.909. The van der Waals surface area contributed by atoms with Crippen molar-refractivity contribution in [1.82, 2.24) is 29.3 Å². The van der Waals surface area contributed by atoms with Gasteiger partial charge in [0.1, 0.15) is 18.0 Å². The van der Waals surface area contributed by atoms with Gasteiger partial charge in [-0.25, -0.2) is 10.0 Å². The lowest BCUT2D eigenvalue weighted by molar-refractivity contribution is -0.205. The summed E-state index contributed by atoms with van der Waals surface area (Å²) in [6, 6.07) is 21.0. The molecule has 0 unspecified atom stereocenters. The first kappa shape index (κ1) is 35.4. The van der Waals surface area contributed by atoms with Crippen molar-refractivity contribution in [2.24, 2.45) is 7.05 Å². The van der Waals surface area contributed by atoms with Crippen LogP contribution in [0, 0.1) is 0 Å². The van der Waals surface area contributed by atoms with E-state index in [1.807, 2.05) is 60.1 Å². The van der Waals surface area contributed by atoms with Gasteiger partial charge in [-0.2, -0.15) is 0 Å². The maximum Gasteiger partial charge on any atom is 0.255 e. The van der Waals surface area contributed by atoms with Crippen LogP contribution in [-0.4, -0.2) is 115 Å². The summed E-state index contributed by atoms with van der Waals surface area (Å²) < 4.78 is 1.87. The number of hydrogen-bond donors (Lipinski definition) is 2. The highest BCUT2D eigenvalue weighted by atomic mass is 16.3. The molecular formula is C39H44N6O6. The summed E-state index contributed by atoms with van der Waals surface area (Å²) in [6.45, 7) is 4.35. The molecule has 0 saturated carbocycles. The Balaban J connectivity index is 1.38. The van der Waals surface area contributed by atoms with E-state index in [9.17, 15) is 29.4 Å². The molecule has 12 nitrogen and oxygen atoms in total. The summed E-state index contributed by atoms with van der Waals surface area (Å²) >= 11 is 0. The number of phenolic OH excluding ortho intramolecular Hbond substituents is 1. The number of fused-ring (bicyclic) bond motifs is 2. The second-order valence-corrected chi connectivity index (χ2v) is 13.2. The number of hydrazine groups is 1. The monoisotopic (exact) mass is 692 g/mol. The van der Waals surface area contributed by atoms with Crippen molar-refractivity contribution in [3.05, 3.63) is 114 Å². The molecule has 0 spiro atoms. The highest BCUT2D eigenvalue weighted by Crippen LogP contribution is 2.32. The number of phenols is 1. The van der Waals surface area contributed by atoms with Crippen LogP contribution in [0.3, 0.4) is 0 Å². The fraction of sp³-hybridized carbons (Fsp3) is 0.333. The number of carbonyl (C=O) groups excluding carboxylic acids is 4. The van der Waals surface area contributed by atoms with Crippen molar-refractivity contribution >= 4 is 34.5 Å². The van der Waals surface area contributed by atoms with Crippen molar-refractivity contribution in [3.8, 4) is 5.75 Å². The first-order chi connectivity index (χ1) is 24.6. The van der Waals surface area contributed by atoms with Gasteiger partial charge in [-0.15, -0.1) is 6.58 Å². The maximum absolute atomic E-state index is 14.5. The lowest BCUT2D eigenvalue weighted by Crippen LogP contribution is -2.75. The zero-order valence-electron chi connectivity index (χ0n) is 29.0. The summed E-state index contributed by atoms with van der Waals surface area (Å²) in [7, 11) is 3.49. The third kappa shape index (κ3) is 7.24. The Hall–Kier alpha value is -5.46. The summed E-state index contributed by atoms with van der Waals surface area (Å²) in [4.78, 5) is 60.7. The van der Waals surface area contributed by atoms with E-state index in [0.717, 1.165) is 27.6 Å². The molecule has 266 valence electrons. The summed E-state index contributed by atoms with van der Waals surface area (Å²) in [5.74, 6) is -0.815. The first-order valence-corrected chi connectivity index (χ1v) is 17.1. The van der Waals surface area contributed by atoms with Gasteiger partial charge in [0, 0.05) is 58.2 Å². The summed E-state index contributed by atoms with van der Waals surface area (Å²) in [5.41, 5.74) is 3.85. The molecule has 4 amide bonds. The topological polar surface area (TPSA) is 130 Å². The average Bonchev–Trinajstić information content (AvgIpc) is 3.47. The molecule has 4 aromatic rings. The van der Waals surface area contributed by atoms with Gasteiger partial charge in [0.05, 0.1) is 30.8 Å². The Morgan fingerprint density at radius 2 is 1.75 bits per heavy atom. The van der Waals surface area contributed by atoms with E-state index in [1.165, 1.54) is 4.90 Å². The molecule has 0 bridgehead atoms. The molecule has 2 N–H and O–H groups in total. The molecule has 2 fully saturated rings. The van der Waals surface area contributed by atoms with E-state index >= 15 is 0 Å². The zero-order valence-corrected chi connectivity index (χ0v) is 29.0. The molecular weight excluding hydrogens is 648 g/mol. The molecule has 2 atom stereocenters. The normalized spacial score (nSPS) is 17.9. The number of likely N-dealkylation sites (N-methyl/N-ethyl adjacent to an activating group) is 1. The lowest BCUT2D eigenvalue weighted by Gasteiger charge is -2.55. The van der Waals surface area contributed by atoms with Crippen molar-refractivity contribution in [2.45, 2.75) is 38.0 Å². The molecule has 2 aliphatic heterocycles. The van der Waals surface area contributed by atoms with Crippen molar-refractivity contribution in [1.29, 1.82) is 0 Å². The lowest BCUT2D eigenvalue weighted by atomic mass is 9.97. The number of piperazine rings is 1. The zero-order chi connectivity index (χ0) is 36.2. The number of nitrogens with zero attached hydrogens (tertiary/aromatic N) is 6. The van der Waals surface area contributed by atoms with Crippen LogP contribution in [0.5, 0.6) is 5.75 Å². The summed E-state index contributed by atoms with van der Waals surface area (Å²) in [5, 5.41) is 23.4. The predicted molar refractivity (Wildman–Crippen MR) is 192 cm³/mol. The van der Waals surface area contributed by atoms with Crippen LogP contribution in [0.15, 0.2) is 91.6 Å². The number of para-hydroxylation sites is 1. The number of aliphatic hydroxyl groups is 1. The van der Waals surface area contributed by atoms with Crippen LogP contribution in [0.2, 0.25) is 0 Å². The number of aromatic nitrogens is 1. The molecule has 0 aliphatic carbocycles. The predicted octanol–water partition coefficient (Wildman–Crippen LogP) is 2.93. The van der Waals surface area contributed by atoms with E-state index in [-0.39, 0.29) is 81.6 Å². The van der Waals surface area contributed by atoms with Crippen molar-refractivity contribution in [3.63, 3.8) is 0 Å². The number of aryl methyl sites for hydroxylation is 2. The molecule has 2 aliphatic rings. The van der Waals surface area contributed by atoms with Gasteiger partial charge < -0.3 is 29.5 Å². The van der Waals surface area contributed by atoms with E-state index in [0.29, 0.717) is 12.0 Å². The van der Waals surface area contributed by atoms with Crippen LogP contribution < -0.4 is 0 Å². The van der Waals surface area contributed by atoms with Gasteiger partial charge in [0.2, 0.25) is 17.7 Å². The van der Waals surface area contributed by atoms with Crippen LogP contribution >= 0.6 is 0 Å². The number of amides is 4. The molecule has 12 heteroatoms. The Kier molecular flexibility index (Phi) is 10.5. The third-order valence-electron chi connectivity index (χ3n) is 9.72. The second kappa shape index (κ2) is 15.2. The number of benzene rings is 3. The number of aromatic hydroxyl groups is 1. The minimum Gasteiger partial charge on any atom is -0.508 e.